The Kier molecular flexibility index (Phi) is 6.90. The Balaban J connectivity index is 2.89. The Labute approximate surface area is 117 Å². The average molecular weight is 264 g/mol. The Hall–Kier alpha value is -1.05. The van der Waals surface area contributed by atoms with Crippen LogP contribution in [0.25, 0.3) is 0 Å². The van der Waals surface area contributed by atoms with E-state index in [-0.39, 0.29) is 11.9 Å². The van der Waals surface area contributed by atoms with Crippen LogP contribution in [0.2, 0.25) is 0 Å². The van der Waals surface area contributed by atoms with Gasteiger partial charge >= 0.3 is 5.97 Å². The summed E-state index contributed by atoms with van der Waals surface area (Å²) in [5.41, 5.74) is 2.50. The molecule has 0 amide bonds. The minimum absolute atomic E-state index is 0.0920. The van der Waals surface area contributed by atoms with Gasteiger partial charge < -0.3 is 4.74 Å². The number of hydrogen-bond acceptors (Lipinski definition) is 2. The first-order valence-electron chi connectivity index (χ1n) is 7.51. The van der Waals surface area contributed by atoms with E-state index in [0.717, 1.165) is 37.7 Å². The zero-order valence-corrected chi connectivity index (χ0v) is 12.7. The summed E-state index contributed by atoms with van der Waals surface area (Å²) in [6.07, 6.45) is 9.80. The lowest BCUT2D eigenvalue weighted by molar-refractivity contribution is -0.146. The van der Waals surface area contributed by atoms with Crippen molar-refractivity contribution in [1.82, 2.24) is 0 Å². The van der Waals surface area contributed by atoms with Crippen molar-refractivity contribution in [2.45, 2.75) is 58.8 Å². The third kappa shape index (κ3) is 4.85. The van der Waals surface area contributed by atoms with Crippen LogP contribution in [0.4, 0.5) is 0 Å². The topological polar surface area (TPSA) is 26.3 Å². The van der Waals surface area contributed by atoms with E-state index in [1.807, 2.05) is 0 Å². The molecule has 1 rings (SSSR count). The molecule has 19 heavy (non-hydrogen) atoms. The maximum atomic E-state index is 12.1. The van der Waals surface area contributed by atoms with Crippen molar-refractivity contribution in [2.75, 3.05) is 7.11 Å². The van der Waals surface area contributed by atoms with E-state index in [1.54, 1.807) is 0 Å². The monoisotopic (exact) mass is 264 g/mol. The molecule has 0 aromatic carbocycles. The molecule has 0 fully saturated rings. The highest BCUT2D eigenvalue weighted by Gasteiger charge is 2.31. The zero-order chi connectivity index (χ0) is 14.3. The highest BCUT2D eigenvalue weighted by atomic mass is 16.5. The average Bonchev–Trinajstić information content (AvgIpc) is 2.46. The first kappa shape index (κ1) is 16.0. The molecule has 0 unspecified atom stereocenters. The molecular formula is C17H28O2. The fourth-order valence-corrected chi connectivity index (χ4v) is 2.94. The van der Waals surface area contributed by atoms with Crippen LogP contribution in [0.3, 0.4) is 0 Å². The van der Waals surface area contributed by atoms with Gasteiger partial charge in [0.05, 0.1) is 13.0 Å². The number of allylic oxidation sites excluding steroid dienone is 2. The van der Waals surface area contributed by atoms with Crippen LogP contribution in [0.1, 0.15) is 58.8 Å². The molecule has 0 saturated heterocycles. The third-order valence-electron chi connectivity index (χ3n) is 4.16. The SMILES string of the molecule is C=C1CC/C=C(\C)CC[C@H](CCCC)[C@H]1C(=O)OC. The summed E-state index contributed by atoms with van der Waals surface area (Å²) < 4.78 is 5.02. The molecule has 0 N–H and O–H groups in total. The van der Waals surface area contributed by atoms with Crippen molar-refractivity contribution >= 4 is 5.97 Å². The number of esters is 1. The molecule has 0 radical (unpaired) electrons. The number of hydrogen-bond donors (Lipinski definition) is 0. The second kappa shape index (κ2) is 8.19. The molecule has 1 aliphatic rings. The van der Waals surface area contributed by atoms with Crippen LogP contribution >= 0.6 is 0 Å². The maximum absolute atomic E-state index is 12.1. The quantitative estimate of drug-likeness (QED) is 0.545. The fourth-order valence-electron chi connectivity index (χ4n) is 2.94. The van der Waals surface area contributed by atoms with E-state index in [4.69, 9.17) is 4.74 Å². The normalized spacial score (nSPS) is 27.7. The summed E-state index contributed by atoms with van der Waals surface area (Å²) >= 11 is 0. The van der Waals surface area contributed by atoms with Crippen LogP contribution in [-0.4, -0.2) is 13.1 Å². The van der Waals surface area contributed by atoms with E-state index >= 15 is 0 Å². The molecule has 2 atom stereocenters. The molecule has 0 heterocycles. The molecule has 2 heteroatoms. The highest BCUT2D eigenvalue weighted by Crippen LogP contribution is 2.34. The van der Waals surface area contributed by atoms with Crippen LogP contribution in [0.15, 0.2) is 23.8 Å². The molecule has 0 aromatic rings. The number of methoxy groups -OCH3 is 1. The molecular weight excluding hydrogens is 236 g/mol. The smallest absolute Gasteiger partial charge is 0.313 e. The summed E-state index contributed by atoms with van der Waals surface area (Å²) in [7, 11) is 1.49. The number of ether oxygens (including phenoxy) is 1. The summed E-state index contributed by atoms with van der Waals surface area (Å²) in [6.45, 7) is 8.55. The Morgan fingerprint density at radius 1 is 1.47 bits per heavy atom. The van der Waals surface area contributed by atoms with E-state index in [9.17, 15) is 4.79 Å². The Morgan fingerprint density at radius 3 is 2.84 bits per heavy atom. The van der Waals surface area contributed by atoms with Crippen molar-refractivity contribution in [3.8, 4) is 0 Å². The molecule has 0 aromatic heterocycles. The van der Waals surface area contributed by atoms with E-state index in [0.29, 0.717) is 5.92 Å². The van der Waals surface area contributed by atoms with Gasteiger partial charge in [0.25, 0.3) is 0 Å². The van der Waals surface area contributed by atoms with Crippen LogP contribution in [0, 0.1) is 11.8 Å². The fraction of sp³-hybridized carbons (Fsp3) is 0.706. The lowest BCUT2D eigenvalue weighted by atomic mass is 9.79. The van der Waals surface area contributed by atoms with E-state index in [2.05, 4.69) is 26.5 Å². The third-order valence-corrected chi connectivity index (χ3v) is 4.16. The number of unbranched alkanes of at least 4 members (excludes halogenated alkanes) is 1. The lowest BCUT2D eigenvalue weighted by Gasteiger charge is -2.26. The van der Waals surface area contributed by atoms with Gasteiger partial charge in [0.15, 0.2) is 0 Å². The number of carbonyl (C=O) groups excluding carboxylic acids is 1. The predicted molar refractivity (Wildman–Crippen MR) is 79.9 cm³/mol. The first-order chi connectivity index (χ1) is 9.10. The van der Waals surface area contributed by atoms with Gasteiger partial charge in [-0.2, -0.15) is 0 Å². The van der Waals surface area contributed by atoms with Crippen molar-refractivity contribution in [2.24, 2.45) is 11.8 Å². The van der Waals surface area contributed by atoms with Gasteiger partial charge in [-0.25, -0.2) is 0 Å². The number of rotatable bonds is 4. The van der Waals surface area contributed by atoms with Crippen molar-refractivity contribution in [3.63, 3.8) is 0 Å². The largest absolute Gasteiger partial charge is 0.469 e. The van der Waals surface area contributed by atoms with Gasteiger partial charge in [0, 0.05) is 0 Å². The standard InChI is InChI=1S/C17H28O2/c1-5-6-10-15-12-11-13(2)8-7-9-14(3)16(15)17(18)19-4/h8,15-16H,3,5-7,9-12H2,1-2,4H3/b13-8+/t15-,16-/m0/s1. The second-order valence-corrected chi connectivity index (χ2v) is 5.69. The van der Waals surface area contributed by atoms with Gasteiger partial charge in [-0.05, 0) is 44.9 Å². The maximum Gasteiger partial charge on any atom is 0.313 e. The van der Waals surface area contributed by atoms with Gasteiger partial charge in [-0.15, -0.1) is 0 Å². The molecule has 0 spiro atoms. The summed E-state index contributed by atoms with van der Waals surface area (Å²) in [6, 6.07) is 0. The van der Waals surface area contributed by atoms with Crippen molar-refractivity contribution in [1.29, 1.82) is 0 Å². The summed E-state index contributed by atoms with van der Waals surface area (Å²) in [4.78, 5) is 12.1. The Bertz CT molecular complexity index is 341. The van der Waals surface area contributed by atoms with Crippen molar-refractivity contribution in [3.05, 3.63) is 23.8 Å². The van der Waals surface area contributed by atoms with Gasteiger partial charge in [-0.1, -0.05) is 43.6 Å². The summed E-state index contributed by atoms with van der Waals surface area (Å²) in [5.74, 6) is 0.197. The predicted octanol–water partition coefficient (Wildman–Crippen LogP) is 4.66. The molecule has 0 bridgehead atoms. The highest BCUT2D eigenvalue weighted by molar-refractivity contribution is 5.76. The lowest BCUT2D eigenvalue weighted by Crippen LogP contribution is -2.27. The molecule has 2 nitrogen and oxygen atoms in total. The molecule has 0 aliphatic heterocycles. The Morgan fingerprint density at radius 2 is 2.21 bits per heavy atom. The minimum atomic E-state index is -0.101. The minimum Gasteiger partial charge on any atom is -0.469 e. The van der Waals surface area contributed by atoms with Crippen LogP contribution in [-0.2, 0) is 9.53 Å². The van der Waals surface area contributed by atoms with Crippen LogP contribution < -0.4 is 0 Å². The van der Waals surface area contributed by atoms with Crippen molar-refractivity contribution < 1.29 is 9.53 Å². The zero-order valence-electron chi connectivity index (χ0n) is 12.7. The first-order valence-corrected chi connectivity index (χ1v) is 7.51. The second-order valence-electron chi connectivity index (χ2n) is 5.69. The molecule has 108 valence electrons. The van der Waals surface area contributed by atoms with E-state index < -0.39 is 0 Å². The van der Waals surface area contributed by atoms with Gasteiger partial charge in [-0.3, -0.25) is 4.79 Å². The van der Waals surface area contributed by atoms with Crippen LogP contribution in [0.5, 0.6) is 0 Å². The molecule has 0 saturated carbocycles. The molecule has 1 aliphatic carbocycles. The van der Waals surface area contributed by atoms with Gasteiger partial charge in [0.2, 0.25) is 0 Å². The van der Waals surface area contributed by atoms with Gasteiger partial charge in [0.1, 0.15) is 0 Å². The summed E-state index contributed by atoms with van der Waals surface area (Å²) in [5, 5.41) is 0. The van der Waals surface area contributed by atoms with E-state index in [1.165, 1.54) is 25.5 Å². The number of carbonyl (C=O) groups is 1.